The van der Waals surface area contributed by atoms with E-state index in [0.29, 0.717) is 6.61 Å². The number of rotatable bonds is 7. The minimum atomic E-state index is 0.408. The van der Waals surface area contributed by atoms with E-state index in [4.69, 9.17) is 9.26 Å². The standard InChI is InChI=1S/C15H20N2O2/c1-3-8-16-10-13-9-14(19-17-13)11-18-15-7-5-4-6-12(15)2/h4-7,9,16H,3,8,10-11H2,1-2H3. The number of aromatic nitrogens is 1. The van der Waals surface area contributed by atoms with Crippen molar-refractivity contribution in [1.29, 1.82) is 0 Å². The van der Waals surface area contributed by atoms with Gasteiger partial charge in [-0.05, 0) is 31.5 Å². The summed E-state index contributed by atoms with van der Waals surface area (Å²) in [5, 5.41) is 7.29. The van der Waals surface area contributed by atoms with Crippen LogP contribution in [0, 0.1) is 6.92 Å². The SMILES string of the molecule is CCCNCc1cc(COc2ccccc2C)on1. The van der Waals surface area contributed by atoms with Crippen LogP contribution in [0.3, 0.4) is 0 Å². The van der Waals surface area contributed by atoms with Crippen molar-refractivity contribution in [2.75, 3.05) is 6.54 Å². The summed E-state index contributed by atoms with van der Waals surface area (Å²) in [6.45, 7) is 6.29. The summed E-state index contributed by atoms with van der Waals surface area (Å²) in [6.07, 6.45) is 1.11. The largest absolute Gasteiger partial charge is 0.485 e. The van der Waals surface area contributed by atoms with Gasteiger partial charge in [0.25, 0.3) is 0 Å². The molecule has 0 amide bonds. The quantitative estimate of drug-likeness (QED) is 0.777. The fourth-order valence-corrected chi connectivity index (χ4v) is 1.77. The summed E-state index contributed by atoms with van der Waals surface area (Å²) in [5.74, 6) is 1.63. The molecule has 0 aliphatic rings. The number of nitrogens with zero attached hydrogens (tertiary/aromatic N) is 1. The lowest BCUT2D eigenvalue weighted by Crippen LogP contribution is -2.13. The molecule has 0 bridgehead atoms. The van der Waals surface area contributed by atoms with Gasteiger partial charge in [0.15, 0.2) is 5.76 Å². The maximum absolute atomic E-state index is 5.71. The highest BCUT2D eigenvalue weighted by Gasteiger charge is 2.05. The molecule has 4 nitrogen and oxygen atoms in total. The van der Waals surface area contributed by atoms with Gasteiger partial charge in [0.1, 0.15) is 12.4 Å². The zero-order valence-corrected chi connectivity index (χ0v) is 11.5. The molecule has 1 aromatic heterocycles. The Balaban J connectivity index is 1.85. The monoisotopic (exact) mass is 260 g/mol. The molecule has 0 fully saturated rings. The third-order valence-electron chi connectivity index (χ3n) is 2.80. The lowest BCUT2D eigenvalue weighted by molar-refractivity contribution is 0.247. The molecule has 2 rings (SSSR count). The molecule has 1 heterocycles. The highest BCUT2D eigenvalue weighted by atomic mass is 16.5. The van der Waals surface area contributed by atoms with Crippen LogP contribution in [-0.4, -0.2) is 11.7 Å². The molecule has 0 spiro atoms. The van der Waals surface area contributed by atoms with Crippen molar-refractivity contribution < 1.29 is 9.26 Å². The highest BCUT2D eigenvalue weighted by molar-refractivity contribution is 5.31. The molecule has 0 atom stereocenters. The summed E-state index contributed by atoms with van der Waals surface area (Å²) >= 11 is 0. The lowest BCUT2D eigenvalue weighted by atomic mass is 10.2. The van der Waals surface area contributed by atoms with Crippen molar-refractivity contribution in [3.8, 4) is 5.75 Å². The van der Waals surface area contributed by atoms with Crippen LogP contribution in [0.4, 0.5) is 0 Å². The van der Waals surface area contributed by atoms with Crippen LogP contribution < -0.4 is 10.1 Å². The Morgan fingerprint density at radius 2 is 2.16 bits per heavy atom. The first kappa shape index (κ1) is 13.6. The average Bonchev–Trinajstić information content (AvgIpc) is 2.86. The van der Waals surface area contributed by atoms with Crippen LogP contribution >= 0.6 is 0 Å². The molecule has 1 N–H and O–H groups in total. The fourth-order valence-electron chi connectivity index (χ4n) is 1.77. The first-order valence-corrected chi connectivity index (χ1v) is 6.63. The van der Waals surface area contributed by atoms with E-state index in [1.54, 1.807) is 0 Å². The van der Waals surface area contributed by atoms with E-state index in [9.17, 15) is 0 Å². The molecule has 0 radical (unpaired) electrons. The summed E-state index contributed by atoms with van der Waals surface area (Å²) in [7, 11) is 0. The fraction of sp³-hybridized carbons (Fsp3) is 0.400. The van der Waals surface area contributed by atoms with Gasteiger partial charge in [0.05, 0.1) is 5.69 Å². The highest BCUT2D eigenvalue weighted by Crippen LogP contribution is 2.18. The minimum Gasteiger partial charge on any atom is -0.485 e. The molecular weight excluding hydrogens is 240 g/mol. The van der Waals surface area contributed by atoms with Gasteiger partial charge in [0.2, 0.25) is 0 Å². The molecule has 0 aliphatic carbocycles. The van der Waals surface area contributed by atoms with Crippen LogP contribution in [0.25, 0.3) is 0 Å². The number of nitrogens with one attached hydrogen (secondary N) is 1. The first-order chi connectivity index (χ1) is 9.29. The van der Waals surface area contributed by atoms with Gasteiger partial charge in [-0.25, -0.2) is 0 Å². The zero-order chi connectivity index (χ0) is 13.5. The Kier molecular flexibility index (Phi) is 4.98. The number of ether oxygens (including phenoxy) is 1. The predicted molar refractivity (Wildman–Crippen MR) is 74.0 cm³/mol. The molecule has 0 saturated carbocycles. The molecule has 2 aromatic rings. The lowest BCUT2D eigenvalue weighted by Gasteiger charge is -2.05. The van der Waals surface area contributed by atoms with Crippen molar-refractivity contribution in [2.45, 2.75) is 33.4 Å². The normalized spacial score (nSPS) is 10.6. The molecule has 4 heteroatoms. The predicted octanol–water partition coefficient (Wildman–Crippen LogP) is 3.06. The smallest absolute Gasteiger partial charge is 0.174 e. The van der Waals surface area contributed by atoms with Crippen LogP contribution in [-0.2, 0) is 13.2 Å². The average molecular weight is 260 g/mol. The van der Waals surface area contributed by atoms with Crippen LogP contribution in [0.15, 0.2) is 34.9 Å². The van der Waals surface area contributed by atoms with Crippen molar-refractivity contribution in [3.05, 3.63) is 47.3 Å². The Hall–Kier alpha value is -1.81. The summed E-state index contributed by atoms with van der Waals surface area (Å²) in [5.41, 5.74) is 2.03. The van der Waals surface area contributed by atoms with Gasteiger partial charge >= 0.3 is 0 Å². The Labute approximate surface area is 113 Å². The second kappa shape index (κ2) is 6.95. The van der Waals surface area contributed by atoms with E-state index in [-0.39, 0.29) is 0 Å². The first-order valence-electron chi connectivity index (χ1n) is 6.63. The summed E-state index contributed by atoms with van der Waals surface area (Å²) in [6, 6.07) is 9.86. The second-order valence-electron chi connectivity index (χ2n) is 4.52. The Bertz CT molecular complexity index is 508. The maximum atomic E-state index is 5.71. The molecule has 0 unspecified atom stereocenters. The van der Waals surface area contributed by atoms with E-state index < -0.39 is 0 Å². The number of benzene rings is 1. The van der Waals surface area contributed by atoms with E-state index in [2.05, 4.69) is 17.4 Å². The van der Waals surface area contributed by atoms with Crippen LogP contribution in [0.1, 0.15) is 30.4 Å². The molecule has 102 valence electrons. The molecule has 0 aliphatic heterocycles. The van der Waals surface area contributed by atoms with Gasteiger partial charge in [-0.2, -0.15) is 0 Å². The van der Waals surface area contributed by atoms with Crippen molar-refractivity contribution in [2.24, 2.45) is 0 Å². The van der Waals surface area contributed by atoms with Crippen molar-refractivity contribution in [3.63, 3.8) is 0 Å². The number of para-hydroxylation sites is 1. The number of hydrogen-bond acceptors (Lipinski definition) is 4. The van der Waals surface area contributed by atoms with Gasteiger partial charge in [-0.1, -0.05) is 30.3 Å². The minimum absolute atomic E-state index is 0.408. The molecule has 0 saturated heterocycles. The van der Waals surface area contributed by atoms with Gasteiger partial charge in [0, 0.05) is 12.6 Å². The van der Waals surface area contributed by atoms with Gasteiger partial charge in [-0.3, -0.25) is 0 Å². The number of aryl methyl sites for hydroxylation is 1. The topological polar surface area (TPSA) is 47.3 Å². The van der Waals surface area contributed by atoms with Crippen LogP contribution in [0.5, 0.6) is 5.75 Å². The van der Waals surface area contributed by atoms with E-state index >= 15 is 0 Å². The Morgan fingerprint density at radius 1 is 1.32 bits per heavy atom. The zero-order valence-electron chi connectivity index (χ0n) is 11.5. The van der Waals surface area contributed by atoms with E-state index in [0.717, 1.165) is 42.3 Å². The maximum Gasteiger partial charge on any atom is 0.174 e. The van der Waals surface area contributed by atoms with E-state index in [1.165, 1.54) is 0 Å². The van der Waals surface area contributed by atoms with Crippen LogP contribution in [0.2, 0.25) is 0 Å². The Morgan fingerprint density at radius 3 is 2.95 bits per heavy atom. The third kappa shape index (κ3) is 4.10. The van der Waals surface area contributed by atoms with Gasteiger partial charge < -0.3 is 14.6 Å². The molecular formula is C15H20N2O2. The second-order valence-corrected chi connectivity index (χ2v) is 4.52. The molecule has 19 heavy (non-hydrogen) atoms. The van der Waals surface area contributed by atoms with Crippen molar-refractivity contribution >= 4 is 0 Å². The summed E-state index contributed by atoms with van der Waals surface area (Å²) in [4.78, 5) is 0. The third-order valence-corrected chi connectivity index (χ3v) is 2.80. The van der Waals surface area contributed by atoms with Gasteiger partial charge in [-0.15, -0.1) is 0 Å². The van der Waals surface area contributed by atoms with E-state index in [1.807, 2.05) is 37.3 Å². The molecule has 1 aromatic carbocycles. The van der Waals surface area contributed by atoms with Crippen molar-refractivity contribution in [1.82, 2.24) is 10.5 Å². The summed E-state index contributed by atoms with van der Waals surface area (Å²) < 4.78 is 10.9. The number of hydrogen-bond donors (Lipinski definition) is 1.